The van der Waals surface area contributed by atoms with Crippen LogP contribution in [0.3, 0.4) is 0 Å². The highest BCUT2D eigenvalue weighted by atomic mass is 16.5. The number of hydrogen-bond donors (Lipinski definition) is 0. The van der Waals surface area contributed by atoms with Crippen LogP contribution in [-0.2, 0) is 11.3 Å². The van der Waals surface area contributed by atoms with Crippen molar-refractivity contribution in [3.05, 3.63) is 75.7 Å². The first-order chi connectivity index (χ1) is 12.9. The molecule has 0 aliphatic heterocycles. The molecule has 0 saturated carbocycles. The molecule has 1 atom stereocenters. The number of ether oxygens (including phenoxy) is 1. The number of aromatic nitrogens is 2. The van der Waals surface area contributed by atoms with Crippen molar-refractivity contribution in [1.82, 2.24) is 9.55 Å². The summed E-state index contributed by atoms with van der Waals surface area (Å²) in [4.78, 5) is 42.1. The van der Waals surface area contributed by atoms with Crippen LogP contribution in [-0.4, -0.2) is 27.4 Å². The van der Waals surface area contributed by atoms with Gasteiger partial charge in [0.2, 0.25) is 11.2 Å². The van der Waals surface area contributed by atoms with Crippen LogP contribution >= 0.6 is 0 Å². The number of esters is 1. The van der Waals surface area contributed by atoms with Gasteiger partial charge in [-0.2, -0.15) is 0 Å². The lowest BCUT2D eigenvalue weighted by Gasteiger charge is -2.14. The minimum atomic E-state index is -0.999. The maximum atomic E-state index is 12.7. The number of hydrogen-bond acceptors (Lipinski definition) is 5. The predicted molar refractivity (Wildman–Crippen MR) is 102 cm³/mol. The Morgan fingerprint density at radius 3 is 2.52 bits per heavy atom. The monoisotopic (exact) mass is 364 g/mol. The smallest absolute Gasteiger partial charge is 0.344 e. The normalized spacial score (nSPS) is 12.0. The second-order valence-electron chi connectivity index (χ2n) is 6.26. The zero-order valence-electron chi connectivity index (χ0n) is 15.4. The van der Waals surface area contributed by atoms with E-state index >= 15 is 0 Å². The number of nitrogens with zero attached hydrogens (tertiary/aromatic N) is 2. The number of ketones is 1. The number of Topliss-reactive ketones (excluding diaryl/α,β-unsaturated/α-hetero) is 1. The Bertz CT molecular complexity index is 1070. The van der Waals surface area contributed by atoms with Gasteiger partial charge in [-0.1, -0.05) is 30.3 Å². The van der Waals surface area contributed by atoms with E-state index in [2.05, 4.69) is 4.98 Å². The molecule has 0 aliphatic carbocycles. The van der Waals surface area contributed by atoms with E-state index in [1.807, 2.05) is 13.8 Å². The van der Waals surface area contributed by atoms with Gasteiger partial charge in [0, 0.05) is 24.0 Å². The molecule has 0 fully saturated rings. The Balaban J connectivity index is 1.94. The molecule has 0 amide bonds. The van der Waals surface area contributed by atoms with Gasteiger partial charge < -0.3 is 9.30 Å². The van der Waals surface area contributed by atoms with Gasteiger partial charge in [0.25, 0.3) is 0 Å². The van der Waals surface area contributed by atoms with Crippen LogP contribution in [0.2, 0.25) is 0 Å². The second kappa shape index (κ2) is 7.53. The summed E-state index contributed by atoms with van der Waals surface area (Å²) in [6.07, 6.45) is 0.445. The van der Waals surface area contributed by atoms with Crippen LogP contribution in [0.25, 0.3) is 11.0 Å². The fourth-order valence-electron chi connectivity index (χ4n) is 2.86. The first kappa shape index (κ1) is 18.5. The molecule has 3 aromatic rings. The summed E-state index contributed by atoms with van der Waals surface area (Å²) in [6, 6.07) is 12.0. The molecule has 138 valence electrons. The average molecular weight is 364 g/mol. The molecule has 2 aromatic heterocycles. The van der Waals surface area contributed by atoms with Gasteiger partial charge in [-0.3, -0.25) is 9.59 Å². The van der Waals surface area contributed by atoms with Crippen molar-refractivity contribution in [2.24, 2.45) is 0 Å². The molecular weight excluding hydrogens is 344 g/mol. The summed E-state index contributed by atoms with van der Waals surface area (Å²) in [5, 5.41) is 0.346. The lowest BCUT2D eigenvalue weighted by atomic mass is 10.1. The first-order valence-corrected chi connectivity index (χ1v) is 8.73. The Hall–Kier alpha value is -3.28. The summed E-state index contributed by atoms with van der Waals surface area (Å²) in [7, 11) is 0. The first-order valence-electron chi connectivity index (χ1n) is 8.73. The minimum absolute atomic E-state index is 0.109. The lowest BCUT2D eigenvalue weighted by Crippen LogP contribution is -2.28. The van der Waals surface area contributed by atoms with Crippen LogP contribution in [0, 0.1) is 6.92 Å². The Morgan fingerprint density at radius 2 is 1.85 bits per heavy atom. The fraction of sp³-hybridized carbons (Fsp3) is 0.238. The second-order valence-corrected chi connectivity index (χ2v) is 6.26. The molecule has 2 heterocycles. The maximum absolute atomic E-state index is 12.7. The van der Waals surface area contributed by atoms with E-state index in [1.165, 1.54) is 13.1 Å². The van der Waals surface area contributed by atoms with Gasteiger partial charge in [-0.05, 0) is 32.9 Å². The van der Waals surface area contributed by atoms with Crippen molar-refractivity contribution in [3.63, 3.8) is 0 Å². The molecule has 0 bridgehead atoms. The minimum Gasteiger partial charge on any atom is -0.451 e. The summed E-state index contributed by atoms with van der Waals surface area (Å²) in [5.41, 5.74) is 1.19. The van der Waals surface area contributed by atoms with E-state index in [0.717, 1.165) is 5.69 Å². The highest BCUT2D eigenvalue weighted by Gasteiger charge is 2.23. The largest absolute Gasteiger partial charge is 0.451 e. The third-order valence-electron chi connectivity index (χ3n) is 4.33. The molecule has 0 spiro atoms. The molecule has 0 radical (unpaired) electrons. The quantitative estimate of drug-likeness (QED) is 0.513. The van der Waals surface area contributed by atoms with Gasteiger partial charge >= 0.3 is 5.97 Å². The highest BCUT2D eigenvalue weighted by molar-refractivity contribution is 6.01. The van der Waals surface area contributed by atoms with E-state index in [9.17, 15) is 14.4 Å². The molecule has 6 nitrogen and oxygen atoms in total. The van der Waals surface area contributed by atoms with Gasteiger partial charge in [0.1, 0.15) is 11.2 Å². The molecule has 0 unspecified atom stereocenters. The van der Waals surface area contributed by atoms with E-state index in [0.29, 0.717) is 23.1 Å². The van der Waals surface area contributed by atoms with E-state index in [4.69, 9.17) is 4.74 Å². The number of benzene rings is 1. The lowest BCUT2D eigenvalue weighted by molar-refractivity contribution is 0.0317. The molecule has 3 rings (SSSR count). The van der Waals surface area contributed by atoms with Crippen LogP contribution in [0.4, 0.5) is 0 Å². The zero-order chi connectivity index (χ0) is 19.6. The van der Waals surface area contributed by atoms with Crippen LogP contribution in [0.5, 0.6) is 0 Å². The third kappa shape index (κ3) is 3.65. The van der Waals surface area contributed by atoms with E-state index in [-0.39, 0.29) is 11.3 Å². The summed E-state index contributed by atoms with van der Waals surface area (Å²) < 4.78 is 7.01. The fourth-order valence-corrected chi connectivity index (χ4v) is 2.86. The molecule has 0 aliphatic rings. The van der Waals surface area contributed by atoms with E-state index < -0.39 is 17.5 Å². The van der Waals surface area contributed by atoms with Gasteiger partial charge in [-0.25, -0.2) is 9.78 Å². The average Bonchev–Trinajstić information content (AvgIpc) is 2.68. The number of carbonyl (C=O) groups is 2. The number of fused-ring (bicyclic) bond motifs is 1. The Morgan fingerprint density at radius 1 is 1.15 bits per heavy atom. The summed E-state index contributed by atoms with van der Waals surface area (Å²) in [5.74, 6) is -1.14. The molecule has 1 aromatic carbocycles. The standard InChI is InChI=1S/C21H20N2O4/c1-4-23-12-17(19(25)16-11-10-13(2)22-20(16)23)21(26)27-14(3)18(24)15-8-6-5-7-9-15/h5-12,14H,4H2,1-3H3/t14-/m1/s1. The van der Waals surface area contributed by atoms with Crippen LogP contribution < -0.4 is 5.43 Å². The number of pyridine rings is 2. The Labute approximate surface area is 156 Å². The Kier molecular flexibility index (Phi) is 5.16. The highest BCUT2D eigenvalue weighted by Crippen LogP contribution is 2.13. The van der Waals surface area contributed by atoms with Crippen molar-refractivity contribution >= 4 is 22.8 Å². The van der Waals surface area contributed by atoms with Gasteiger partial charge in [0.05, 0.1) is 5.39 Å². The van der Waals surface area contributed by atoms with Crippen molar-refractivity contribution < 1.29 is 14.3 Å². The SMILES string of the molecule is CCn1cc(C(=O)O[C@H](C)C(=O)c2ccccc2)c(=O)c2ccc(C)nc21. The molecular formula is C21H20N2O4. The summed E-state index contributed by atoms with van der Waals surface area (Å²) >= 11 is 0. The van der Waals surface area contributed by atoms with Crippen molar-refractivity contribution in [1.29, 1.82) is 0 Å². The molecule has 0 N–H and O–H groups in total. The van der Waals surface area contributed by atoms with Crippen LogP contribution in [0.15, 0.2) is 53.5 Å². The molecule has 27 heavy (non-hydrogen) atoms. The number of aryl methyl sites for hydroxylation is 2. The van der Waals surface area contributed by atoms with Crippen molar-refractivity contribution in [2.45, 2.75) is 33.4 Å². The topological polar surface area (TPSA) is 78.3 Å². The van der Waals surface area contributed by atoms with E-state index in [1.54, 1.807) is 47.0 Å². The predicted octanol–water partition coefficient (Wildman–Crippen LogP) is 3.15. The third-order valence-corrected chi connectivity index (χ3v) is 4.33. The molecule has 6 heteroatoms. The molecule has 0 saturated heterocycles. The maximum Gasteiger partial charge on any atom is 0.344 e. The zero-order valence-corrected chi connectivity index (χ0v) is 15.4. The van der Waals surface area contributed by atoms with Gasteiger partial charge in [-0.15, -0.1) is 0 Å². The van der Waals surface area contributed by atoms with Crippen molar-refractivity contribution in [3.8, 4) is 0 Å². The summed E-state index contributed by atoms with van der Waals surface area (Å²) in [6.45, 7) is 5.76. The van der Waals surface area contributed by atoms with Crippen molar-refractivity contribution in [2.75, 3.05) is 0 Å². The number of rotatable bonds is 5. The van der Waals surface area contributed by atoms with Gasteiger partial charge in [0.15, 0.2) is 6.10 Å². The number of carbonyl (C=O) groups excluding carboxylic acids is 2. The van der Waals surface area contributed by atoms with Crippen LogP contribution in [0.1, 0.15) is 40.3 Å².